The van der Waals surface area contributed by atoms with E-state index in [2.05, 4.69) is 38.0 Å². The average Bonchev–Trinajstić information content (AvgIpc) is 2.57. The van der Waals surface area contributed by atoms with Crippen molar-refractivity contribution in [3.8, 4) is 0 Å². The Balaban J connectivity index is 2.02. The molecule has 0 aliphatic carbocycles. The van der Waals surface area contributed by atoms with Gasteiger partial charge in [-0.2, -0.15) is 0 Å². The second-order valence-corrected chi connectivity index (χ2v) is 8.40. The summed E-state index contributed by atoms with van der Waals surface area (Å²) < 4.78 is 5.89. The van der Waals surface area contributed by atoms with Crippen molar-refractivity contribution in [2.24, 2.45) is 11.3 Å². The number of hydrogen-bond donors (Lipinski definition) is 1. The molecular weight excluding hydrogens is 312 g/mol. The molecule has 0 bridgehead atoms. The van der Waals surface area contributed by atoms with Crippen LogP contribution < -0.4 is 5.32 Å². The van der Waals surface area contributed by atoms with Crippen LogP contribution in [0.2, 0.25) is 0 Å². The quantitative estimate of drug-likeness (QED) is 0.536. The van der Waals surface area contributed by atoms with Crippen molar-refractivity contribution in [1.82, 2.24) is 10.3 Å². The van der Waals surface area contributed by atoms with E-state index in [0.29, 0.717) is 12.3 Å². The van der Waals surface area contributed by atoms with Crippen molar-refractivity contribution in [2.45, 2.75) is 65.4 Å². The lowest BCUT2D eigenvalue weighted by Crippen LogP contribution is -2.46. The number of rotatable bonds is 9. The van der Waals surface area contributed by atoms with Crippen LogP contribution in [0.3, 0.4) is 0 Å². The summed E-state index contributed by atoms with van der Waals surface area (Å²) in [5.41, 5.74) is -0.0168. The third kappa shape index (κ3) is 5.89. The fraction of sp³-hybridized carbons (Fsp3) is 0.714. The van der Waals surface area contributed by atoms with Gasteiger partial charge in [0, 0.05) is 18.2 Å². The van der Waals surface area contributed by atoms with Crippen molar-refractivity contribution in [3.05, 3.63) is 30.1 Å². The van der Waals surface area contributed by atoms with Crippen LogP contribution in [0.25, 0.3) is 0 Å². The van der Waals surface area contributed by atoms with Crippen molar-refractivity contribution in [2.75, 3.05) is 19.7 Å². The smallest absolute Gasteiger partial charge is 0.187 e. The van der Waals surface area contributed by atoms with Gasteiger partial charge in [0.15, 0.2) is 5.78 Å². The fourth-order valence-electron chi connectivity index (χ4n) is 3.83. The number of ether oxygens (including phenoxy) is 1. The lowest BCUT2D eigenvalue weighted by molar-refractivity contribution is -0.0956. The summed E-state index contributed by atoms with van der Waals surface area (Å²) in [5, 5.41) is 3.51. The first-order valence-corrected chi connectivity index (χ1v) is 9.65. The average molecular weight is 347 g/mol. The molecule has 2 rings (SSSR count). The topological polar surface area (TPSA) is 51.2 Å². The lowest BCUT2D eigenvalue weighted by atomic mass is 9.67. The number of hydrogen-bond acceptors (Lipinski definition) is 4. The van der Waals surface area contributed by atoms with E-state index >= 15 is 0 Å². The second-order valence-electron chi connectivity index (χ2n) is 8.40. The number of aromatic nitrogens is 1. The molecule has 0 radical (unpaired) electrons. The Labute approximate surface area is 152 Å². The minimum Gasteiger partial charge on any atom is -0.376 e. The Kier molecular flexibility index (Phi) is 7.14. The van der Waals surface area contributed by atoms with E-state index in [-0.39, 0.29) is 16.8 Å². The number of nitrogens with one attached hydrogen (secondary N) is 1. The number of ketones is 1. The highest BCUT2D eigenvalue weighted by Gasteiger charge is 2.46. The van der Waals surface area contributed by atoms with Gasteiger partial charge in [0.2, 0.25) is 0 Å². The monoisotopic (exact) mass is 346 g/mol. The number of pyridine rings is 1. The third-order valence-corrected chi connectivity index (χ3v) is 5.12. The predicted octanol–water partition coefficient (Wildman–Crippen LogP) is 4.26. The van der Waals surface area contributed by atoms with Crippen LogP contribution in [0, 0.1) is 11.3 Å². The maximum atomic E-state index is 13.3. The summed E-state index contributed by atoms with van der Waals surface area (Å²) in [4.78, 5) is 17.6. The Hall–Kier alpha value is -1.26. The molecule has 1 fully saturated rings. The number of nitrogens with zero attached hydrogens (tertiary/aromatic N) is 1. The van der Waals surface area contributed by atoms with Gasteiger partial charge in [-0.05, 0) is 77.1 Å². The molecule has 140 valence electrons. The van der Waals surface area contributed by atoms with E-state index < -0.39 is 0 Å². The van der Waals surface area contributed by atoms with E-state index in [1.165, 1.54) is 6.42 Å². The molecular formula is C21H34N2O2. The van der Waals surface area contributed by atoms with Gasteiger partial charge < -0.3 is 10.1 Å². The van der Waals surface area contributed by atoms with Gasteiger partial charge in [-0.25, -0.2) is 0 Å². The molecule has 4 heteroatoms. The summed E-state index contributed by atoms with van der Waals surface area (Å²) in [5.74, 6) is 0.910. The Bertz CT molecular complexity index is 542. The van der Waals surface area contributed by atoms with Crippen LogP contribution in [0.15, 0.2) is 24.4 Å². The highest BCUT2D eigenvalue weighted by atomic mass is 16.5. The first-order chi connectivity index (χ1) is 11.8. The van der Waals surface area contributed by atoms with Gasteiger partial charge in [0.1, 0.15) is 5.69 Å². The van der Waals surface area contributed by atoms with Gasteiger partial charge in [-0.1, -0.05) is 19.9 Å². The van der Waals surface area contributed by atoms with E-state index in [9.17, 15) is 4.79 Å². The van der Waals surface area contributed by atoms with Crippen LogP contribution >= 0.6 is 0 Å². The predicted molar refractivity (Wildman–Crippen MR) is 102 cm³/mol. The van der Waals surface area contributed by atoms with Crippen molar-refractivity contribution >= 4 is 5.78 Å². The number of carbonyl (C=O) groups is 1. The second kappa shape index (κ2) is 8.91. The molecule has 25 heavy (non-hydrogen) atoms. The molecule has 1 aliphatic rings. The zero-order valence-corrected chi connectivity index (χ0v) is 16.3. The van der Waals surface area contributed by atoms with E-state index in [0.717, 1.165) is 44.7 Å². The molecule has 0 amide bonds. The van der Waals surface area contributed by atoms with Crippen LogP contribution in [0.1, 0.15) is 70.3 Å². The largest absolute Gasteiger partial charge is 0.376 e. The molecule has 1 aromatic rings. The summed E-state index contributed by atoms with van der Waals surface area (Å²) in [7, 11) is 0. The van der Waals surface area contributed by atoms with Crippen LogP contribution in [0.5, 0.6) is 0 Å². The van der Waals surface area contributed by atoms with Crippen molar-refractivity contribution < 1.29 is 9.53 Å². The maximum absolute atomic E-state index is 13.3. The minimum absolute atomic E-state index is 0.187. The highest BCUT2D eigenvalue weighted by Crippen LogP contribution is 2.44. The van der Waals surface area contributed by atoms with Gasteiger partial charge in [-0.3, -0.25) is 9.78 Å². The Morgan fingerprint density at radius 1 is 1.32 bits per heavy atom. The van der Waals surface area contributed by atoms with E-state index in [4.69, 9.17) is 4.74 Å². The standard InChI is InChI=1S/C21H34N2O2/c1-17(2)9-14-22-12-7-10-21(11-15-25-20(3,4)16-21)19(24)18-8-5-6-13-23-18/h5-6,8,13,17,22H,7,9-12,14-16H2,1-4H3. The third-order valence-electron chi connectivity index (χ3n) is 5.12. The molecule has 0 aromatic carbocycles. The normalized spacial score (nSPS) is 22.9. The summed E-state index contributed by atoms with van der Waals surface area (Å²) >= 11 is 0. The lowest BCUT2D eigenvalue weighted by Gasteiger charge is -2.44. The van der Waals surface area contributed by atoms with Gasteiger partial charge in [0.05, 0.1) is 5.60 Å². The molecule has 4 nitrogen and oxygen atoms in total. The van der Waals surface area contributed by atoms with Gasteiger partial charge in [0.25, 0.3) is 0 Å². The summed E-state index contributed by atoms with van der Waals surface area (Å²) in [6.45, 7) is 11.3. The highest BCUT2D eigenvalue weighted by molar-refractivity contribution is 5.99. The Morgan fingerprint density at radius 2 is 2.12 bits per heavy atom. The number of carbonyl (C=O) groups excluding carboxylic acids is 1. The van der Waals surface area contributed by atoms with Crippen LogP contribution in [-0.4, -0.2) is 36.1 Å². The Morgan fingerprint density at radius 3 is 2.76 bits per heavy atom. The first-order valence-electron chi connectivity index (χ1n) is 9.65. The molecule has 1 N–H and O–H groups in total. The summed E-state index contributed by atoms with van der Waals surface area (Å²) in [6.07, 6.45) is 6.35. The number of Topliss-reactive ketones (excluding diaryl/α,β-unsaturated/α-hetero) is 1. The van der Waals surface area contributed by atoms with Crippen LogP contribution in [0.4, 0.5) is 0 Å². The van der Waals surface area contributed by atoms with Gasteiger partial charge in [-0.15, -0.1) is 0 Å². The first kappa shape index (κ1) is 20.1. The molecule has 1 aromatic heterocycles. The van der Waals surface area contributed by atoms with E-state index in [1.54, 1.807) is 6.20 Å². The maximum Gasteiger partial charge on any atom is 0.187 e. The fourth-order valence-corrected chi connectivity index (χ4v) is 3.83. The minimum atomic E-state index is -0.351. The SMILES string of the molecule is CC(C)CCNCCCC1(C(=O)c2ccccn2)CCOC(C)(C)C1. The zero-order valence-electron chi connectivity index (χ0n) is 16.3. The molecule has 0 saturated carbocycles. The molecule has 1 aliphatic heterocycles. The van der Waals surface area contributed by atoms with Gasteiger partial charge >= 0.3 is 0 Å². The molecule has 1 saturated heterocycles. The van der Waals surface area contributed by atoms with Crippen molar-refractivity contribution in [3.63, 3.8) is 0 Å². The molecule has 1 unspecified atom stereocenters. The van der Waals surface area contributed by atoms with Crippen LogP contribution in [-0.2, 0) is 4.74 Å². The molecule has 2 heterocycles. The zero-order chi connectivity index (χ0) is 18.3. The molecule has 0 spiro atoms. The van der Waals surface area contributed by atoms with Crippen molar-refractivity contribution in [1.29, 1.82) is 0 Å². The molecule has 1 atom stereocenters. The van der Waals surface area contributed by atoms with E-state index in [1.807, 2.05) is 18.2 Å². The summed E-state index contributed by atoms with van der Waals surface area (Å²) in [6, 6.07) is 5.59.